The third-order valence-corrected chi connectivity index (χ3v) is 5.93. The summed E-state index contributed by atoms with van der Waals surface area (Å²) in [7, 11) is -0.326. The number of thiophene rings is 1. The molecule has 2 aromatic rings. The molecule has 0 saturated heterocycles. The first-order valence-electron chi connectivity index (χ1n) is 6.08. The van der Waals surface area contributed by atoms with Crippen LogP contribution in [0.5, 0.6) is 5.75 Å². The Labute approximate surface area is 123 Å². The standard InChI is InChI=1S/C14H17NO3S2/c1-11-8-9-19-14(11)10-15(2)20(16,17)13-6-4-12(18-3)5-7-13/h4-9H,10H2,1-3H3. The Hall–Kier alpha value is -1.37. The third kappa shape index (κ3) is 3.03. The van der Waals surface area contributed by atoms with Gasteiger partial charge in [0, 0.05) is 18.5 Å². The van der Waals surface area contributed by atoms with Crippen LogP contribution in [-0.4, -0.2) is 26.9 Å². The molecule has 0 aliphatic carbocycles. The van der Waals surface area contributed by atoms with Crippen LogP contribution < -0.4 is 4.74 Å². The number of ether oxygens (including phenoxy) is 1. The predicted molar refractivity (Wildman–Crippen MR) is 80.7 cm³/mol. The van der Waals surface area contributed by atoms with Gasteiger partial charge >= 0.3 is 0 Å². The molecule has 0 N–H and O–H groups in total. The van der Waals surface area contributed by atoms with Crippen molar-refractivity contribution in [3.05, 3.63) is 46.2 Å². The summed E-state index contributed by atoms with van der Waals surface area (Å²) < 4.78 is 31.3. The maximum atomic E-state index is 12.5. The lowest BCUT2D eigenvalue weighted by atomic mass is 10.3. The van der Waals surface area contributed by atoms with Crippen molar-refractivity contribution in [2.45, 2.75) is 18.4 Å². The van der Waals surface area contributed by atoms with E-state index in [1.807, 2.05) is 18.4 Å². The molecule has 6 heteroatoms. The second-order valence-electron chi connectivity index (χ2n) is 4.46. The Balaban J connectivity index is 2.22. The summed E-state index contributed by atoms with van der Waals surface area (Å²) in [5.41, 5.74) is 1.12. The molecule has 0 spiro atoms. The molecular weight excluding hydrogens is 294 g/mol. The highest BCUT2D eigenvalue weighted by molar-refractivity contribution is 7.89. The number of benzene rings is 1. The first kappa shape index (κ1) is 15.0. The molecule has 0 saturated carbocycles. The number of rotatable bonds is 5. The van der Waals surface area contributed by atoms with Gasteiger partial charge in [-0.2, -0.15) is 4.31 Å². The van der Waals surface area contributed by atoms with Gasteiger partial charge in [0.2, 0.25) is 10.0 Å². The van der Waals surface area contributed by atoms with E-state index in [-0.39, 0.29) is 4.90 Å². The number of hydrogen-bond donors (Lipinski definition) is 0. The molecule has 0 atom stereocenters. The van der Waals surface area contributed by atoms with Gasteiger partial charge in [0.1, 0.15) is 5.75 Å². The van der Waals surface area contributed by atoms with Crippen LogP contribution in [0.2, 0.25) is 0 Å². The average Bonchev–Trinajstić information content (AvgIpc) is 2.84. The van der Waals surface area contributed by atoms with Gasteiger partial charge in [-0.05, 0) is 48.2 Å². The van der Waals surface area contributed by atoms with Gasteiger partial charge in [-0.1, -0.05) is 0 Å². The van der Waals surface area contributed by atoms with Gasteiger partial charge in [-0.15, -0.1) is 11.3 Å². The molecule has 0 bridgehead atoms. The van der Waals surface area contributed by atoms with Crippen LogP contribution in [0.4, 0.5) is 0 Å². The predicted octanol–water partition coefficient (Wildman–Crippen LogP) is 2.89. The summed E-state index contributed by atoms with van der Waals surface area (Å²) in [6.45, 7) is 2.37. The van der Waals surface area contributed by atoms with Crippen molar-refractivity contribution in [3.63, 3.8) is 0 Å². The fraction of sp³-hybridized carbons (Fsp3) is 0.286. The normalized spacial score (nSPS) is 11.8. The minimum atomic E-state index is -3.47. The van der Waals surface area contributed by atoms with E-state index in [2.05, 4.69) is 0 Å². The number of aryl methyl sites for hydroxylation is 1. The molecule has 4 nitrogen and oxygen atoms in total. The molecule has 0 radical (unpaired) electrons. The Morgan fingerprint density at radius 1 is 1.20 bits per heavy atom. The van der Waals surface area contributed by atoms with E-state index in [9.17, 15) is 8.42 Å². The van der Waals surface area contributed by atoms with Crippen LogP contribution >= 0.6 is 11.3 Å². The molecular formula is C14H17NO3S2. The lowest BCUT2D eigenvalue weighted by Crippen LogP contribution is -2.26. The van der Waals surface area contributed by atoms with Crippen LogP contribution in [0.3, 0.4) is 0 Å². The summed E-state index contributed by atoms with van der Waals surface area (Å²) >= 11 is 1.57. The highest BCUT2D eigenvalue weighted by atomic mass is 32.2. The monoisotopic (exact) mass is 311 g/mol. The molecule has 0 amide bonds. The van der Waals surface area contributed by atoms with Gasteiger partial charge in [0.15, 0.2) is 0 Å². The van der Waals surface area contributed by atoms with Gasteiger partial charge < -0.3 is 4.74 Å². The fourth-order valence-electron chi connectivity index (χ4n) is 1.78. The van der Waals surface area contributed by atoms with Crippen molar-refractivity contribution in [3.8, 4) is 5.75 Å². The molecule has 0 fully saturated rings. The van der Waals surface area contributed by atoms with Crippen LogP contribution in [0.1, 0.15) is 10.4 Å². The van der Waals surface area contributed by atoms with Gasteiger partial charge in [-0.3, -0.25) is 0 Å². The molecule has 0 aliphatic heterocycles. The second kappa shape index (κ2) is 5.95. The zero-order valence-electron chi connectivity index (χ0n) is 11.7. The van der Waals surface area contributed by atoms with E-state index in [0.717, 1.165) is 10.4 Å². The Kier molecular flexibility index (Phi) is 4.47. The van der Waals surface area contributed by atoms with Crippen LogP contribution in [-0.2, 0) is 16.6 Å². The van der Waals surface area contributed by atoms with E-state index < -0.39 is 10.0 Å². The van der Waals surface area contributed by atoms with E-state index >= 15 is 0 Å². The summed E-state index contributed by atoms with van der Waals surface area (Å²) in [6, 6.07) is 8.42. The Bertz CT molecular complexity index is 675. The lowest BCUT2D eigenvalue weighted by Gasteiger charge is -2.17. The second-order valence-corrected chi connectivity index (χ2v) is 7.51. The average molecular weight is 311 g/mol. The quantitative estimate of drug-likeness (QED) is 0.853. The zero-order chi connectivity index (χ0) is 14.8. The maximum absolute atomic E-state index is 12.5. The number of sulfonamides is 1. The third-order valence-electron chi connectivity index (χ3n) is 3.10. The highest BCUT2D eigenvalue weighted by Gasteiger charge is 2.21. The molecule has 1 aromatic carbocycles. The van der Waals surface area contributed by atoms with Crippen molar-refractivity contribution >= 4 is 21.4 Å². The smallest absolute Gasteiger partial charge is 0.243 e. The van der Waals surface area contributed by atoms with Gasteiger partial charge in [0.25, 0.3) is 0 Å². The van der Waals surface area contributed by atoms with Crippen molar-refractivity contribution < 1.29 is 13.2 Å². The molecule has 0 aliphatic rings. The van der Waals surface area contributed by atoms with E-state index in [0.29, 0.717) is 12.3 Å². The summed E-state index contributed by atoms with van der Waals surface area (Å²) in [5, 5.41) is 1.97. The van der Waals surface area contributed by atoms with Crippen molar-refractivity contribution in [1.29, 1.82) is 0 Å². The van der Waals surface area contributed by atoms with Crippen LogP contribution in [0.25, 0.3) is 0 Å². The molecule has 1 heterocycles. The molecule has 108 valence electrons. The van der Waals surface area contributed by atoms with Crippen LogP contribution in [0.15, 0.2) is 40.6 Å². The van der Waals surface area contributed by atoms with E-state index in [4.69, 9.17) is 4.74 Å². The molecule has 0 unspecified atom stereocenters. The minimum absolute atomic E-state index is 0.273. The zero-order valence-corrected chi connectivity index (χ0v) is 13.3. The van der Waals surface area contributed by atoms with Crippen molar-refractivity contribution in [1.82, 2.24) is 4.31 Å². The molecule has 1 aromatic heterocycles. The Morgan fingerprint density at radius 2 is 1.85 bits per heavy atom. The topological polar surface area (TPSA) is 46.6 Å². The van der Waals surface area contributed by atoms with Gasteiger partial charge in [-0.25, -0.2) is 8.42 Å². The van der Waals surface area contributed by atoms with Crippen LogP contribution in [0, 0.1) is 6.92 Å². The summed E-state index contributed by atoms with van der Waals surface area (Å²) in [4.78, 5) is 1.33. The number of methoxy groups -OCH3 is 1. The molecule has 20 heavy (non-hydrogen) atoms. The van der Waals surface area contributed by atoms with E-state index in [1.165, 1.54) is 4.31 Å². The Morgan fingerprint density at radius 3 is 2.35 bits per heavy atom. The largest absolute Gasteiger partial charge is 0.497 e. The van der Waals surface area contributed by atoms with Crippen molar-refractivity contribution in [2.24, 2.45) is 0 Å². The SMILES string of the molecule is COc1ccc(S(=O)(=O)N(C)Cc2sccc2C)cc1. The lowest BCUT2D eigenvalue weighted by molar-refractivity contribution is 0.414. The maximum Gasteiger partial charge on any atom is 0.243 e. The van der Waals surface area contributed by atoms with E-state index in [1.54, 1.807) is 49.8 Å². The van der Waals surface area contributed by atoms with Crippen molar-refractivity contribution in [2.75, 3.05) is 14.2 Å². The molecule has 2 rings (SSSR count). The fourth-order valence-corrected chi connectivity index (χ4v) is 3.96. The summed E-state index contributed by atoms with van der Waals surface area (Å²) in [6.07, 6.45) is 0. The summed E-state index contributed by atoms with van der Waals surface area (Å²) in [5.74, 6) is 0.640. The first-order chi connectivity index (χ1) is 9.45. The minimum Gasteiger partial charge on any atom is -0.497 e. The first-order valence-corrected chi connectivity index (χ1v) is 8.40. The highest BCUT2D eigenvalue weighted by Crippen LogP contribution is 2.23. The number of nitrogens with zero attached hydrogens (tertiary/aromatic N) is 1. The van der Waals surface area contributed by atoms with Gasteiger partial charge in [0.05, 0.1) is 12.0 Å². The number of hydrogen-bond acceptors (Lipinski definition) is 4.